The first kappa shape index (κ1) is 12.4. The van der Waals surface area contributed by atoms with Crippen LogP contribution in [0, 0.1) is 6.92 Å². The molecule has 2 heteroatoms. The highest BCUT2D eigenvalue weighted by Crippen LogP contribution is 2.13. The van der Waals surface area contributed by atoms with Gasteiger partial charge in [-0.05, 0) is 24.6 Å². The zero-order valence-electron chi connectivity index (χ0n) is 10.4. The molecule has 2 aromatic carbocycles. The molecule has 0 atom stereocenters. The molecule has 0 saturated carbocycles. The van der Waals surface area contributed by atoms with Crippen molar-refractivity contribution in [3.05, 3.63) is 65.7 Å². The second-order valence-corrected chi connectivity index (χ2v) is 4.20. The van der Waals surface area contributed by atoms with Gasteiger partial charge in [-0.1, -0.05) is 42.5 Å². The number of carbonyl (C=O) groups excluding carboxylic acids is 1. The van der Waals surface area contributed by atoms with Crippen LogP contribution in [0.5, 0.6) is 5.75 Å². The van der Waals surface area contributed by atoms with Crippen LogP contribution in [-0.4, -0.2) is 12.4 Å². The fraction of sp³-hybridized carbons (Fsp3) is 0.188. The summed E-state index contributed by atoms with van der Waals surface area (Å²) < 4.78 is 5.56. The third-order valence-electron chi connectivity index (χ3n) is 2.68. The number of benzene rings is 2. The van der Waals surface area contributed by atoms with Crippen LogP contribution in [-0.2, 0) is 0 Å². The lowest BCUT2D eigenvalue weighted by molar-refractivity contribution is 0.0962. The van der Waals surface area contributed by atoms with Crippen LogP contribution in [0.25, 0.3) is 0 Å². The number of rotatable bonds is 5. The molecule has 92 valence electrons. The van der Waals surface area contributed by atoms with Crippen LogP contribution in [0.2, 0.25) is 0 Å². The minimum atomic E-state index is 0.114. The van der Waals surface area contributed by atoms with E-state index in [0.717, 1.165) is 16.9 Å². The molecule has 0 amide bonds. The van der Waals surface area contributed by atoms with Crippen molar-refractivity contribution in [2.75, 3.05) is 6.61 Å². The van der Waals surface area contributed by atoms with E-state index in [9.17, 15) is 4.79 Å². The number of hydrogen-bond donors (Lipinski definition) is 0. The van der Waals surface area contributed by atoms with E-state index in [1.807, 2.05) is 61.5 Å². The van der Waals surface area contributed by atoms with Crippen molar-refractivity contribution in [2.45, 2.75) is 13.3 Å². The first-order valence-electron chi connectivity index (χ1n) is 6.03. The van der Waals surface area contributed by atoms with E-state index in [4.69, 9.17) is 4.74 Å². The molecule has 0 spiro atoms. The molecule has 0 bridgehead atoms. The highest BCUT2D eigenvalue weighted by Gasteiger charge is 2.04. The number of hydrogen-bond acceptors (Lipinski definition) is 2. The molecular weight excluding hydrogens is 224 g/mol. The van der Waals surface area contributed by atoms with Gasteiger partial charge >= 0.3 is 0 Å². The molecule has 0 aliphatic rings. The third kappa shape index (κ3) is 3.45. The second kappa shape index (κ2) is 6.01. The predicted octanol–water partition coefficient (Wildman–Crippen LogP) is 3.65. The highest BCUT2D eigenvalue weighted by molar-refractivity contribution is 5.96. The molecule has 0 aromatic heterocycles. The summed E-state index contributed by atoms with van der Waals surface area (Å²) in [5.74, 6) is 0.930. The van der Waals surface area contributed by atoms with Crippen molar-refractivity contribution in [3.63, 3.8) is 0 Å². The Kier molecular flexibility index (Phi) is 4.13. The molecule has 0 unspecified atom stereocenters. The molecule has 0 N–H and O–H groups in total. The number of Topliss-reactive ketones (excluding diaryl/α,β-unsaturated/α-hetero) is 1. The Morgan fingerprint density at radius 1 is 1.06 bits per heavy atom. The van der Waals surface area contributed by atoms with E-state index in [-0.39, 0.29) is 5.78 Å². The van der Waals surface area contributed by atoms with Crippen LogP contribution >= 0.6 is 0 Å². The molecule has 0 aliphatic carbocycles. The molecule has 2 rings (SSSR count). The molecule has 0 aliphatic heterocycles. The zero-order valence-corrected chi connectivity index (χ0v) is 10.4. The predicted molar refractivity (Wildman–Crippen MR) is 72.1 cm³/mol. The van der Waals surface area contributed by atoms with E-state index in [1.165, 1.54) is 0 Å². The molecule has 0 saturated heterocycles. The van der Waals surface area contributed by atoms with Crippen LogP contribution in [0.15, 0.2) is 54.6 Å². The van der Waals surface area contributed by atoms with E-state index in [0.29, 0.717) is 13.0 Å². The van der Waals surface area contributed by atoms with E-state index < -0.39 is 0 Å². The number of ether oxygens (including phenoxy) is 1. The maximum absolute atomic E-state index is 11.8. The van der Waals surface area contributed by atoms with Gasteiger partial charge in [0.1, 0.15) is 5.75 Å². The molecule has 0 radical (unpaired) electrons. The maximum Gasteiger partial charge on any atom is 0.166 e. The lowest BCUT2D eigenvalue weighted by atomic mass is 10.1. The summed E-state index contributed by atoms with van der Waals surface area (Å²) in [5.41, 5.74) is 1.90. The summed E-state index contributed by atoms with van der Waals surface area (Å²) >= 11 is 0. The van der Waals surface area contributed by atoms with Crippen molar-refractivity contribution in [2.24, 2.45) is 0 Å². The van der Waals surface area contributed by atoms with Gasteiger partial charge in [0.25, 0.3) is 0 Å². The van der Waals surface area contributed by atoms with Crippen LogP contribution < -0.4 is 4.74 Å². The standard InChI is InChI=1S/C16H16O2/c1-13-6-5-9-15(12-13)18-11-10-16(17)14-7-3-2-4-8-14/h2-9,12H,10-11H2,1H3. The summed E-state index contributed by atoms with van der Waals surface area (Å²) in [6, 6.07) is 17.1. The highest BCUT2D eigenvalue weighted by atomic mass is 16.5. The Labute approximate surface area is 107 Å². The van der Waals surface area contributed by atoms with Gasteiger partial charge in [-0.15, -0.1) is 0 Å². The van der Waals surface area contributed by atoms with Gasteiger partial charge in [-0.25, -0.2) is 0 Å². The minimum absolute atomic E-state index is 0.114. The van der Waals surface area contributed by atoms with E-state index in [1.54, 1.807) is 0 Å². The van der Waals surface area contributed by atoms with Crippen molar-refractivity contribution in [1.82, 2.24) is 0 Å². The Morgan fingerprint density at radius 2 is 1.83 bits per heavy atom. The zero-order chi connectivity index (χ0) is 12.8. The molecule has 2 nitrogen and oxygen atoms in total. The van der Waals surface area contributed by atoms with E-state index in [2.05, 4.69) is 0 Å². The van der Waals surface area contributed by atoms with Crippen molar-refractivity contribution in [3.8, 4) is 5.75 Å². The average Bonchev–Trinajstić information content (AvgIpc) is 2.40. The Hall–Kier alpha value is -2.09. The minimum Gasteiger partial charge on any atom is -0.493 e. The summed E-state index contributed by atoms with van der Waals surface area (Å²) in [6.07, 6.45) is 0.401. The third-order valence-corrected chi connectivity index (χ3v) is 2.68. The van der Waals surface area contributed by atoms with Gasteiger partial charge in [0.15, 0.2) is 5.78 Å². The lowest BCUT2D eigenvalue weighted by Crippen LogP contribution is -2.06. The fourth-order valence-electron chi connectivity index (χ4n) is 1.74. The number of aryl methyl sites for hydroxylation is 1. The topological polar surface area (TPSA) is 26.3 Å². The molecule has 18 heavy (non-hydrogen) atoms. The monoisotopic (exact) mass is 240 g/mol. The maximum atomic E-state index is 11.8. The van der Waals surface area contributed by atoms with Gasteiger partial charge in [0.2, 0.25) is 0 Å². The summed E-state index contributed by atoms with van der Waals surface area (Å²) in [5, 5.41) is 0. The van der Waals surface area contributed by atoms with Crippen molar-refractivity contribution >= 4 is 5.78 Å². The Balaban J connectivity index is 1.84. The number of ketones is 1. The first-order valence-corrected chi connectivity index (χ1v) is 6.03. The molecule has 2 aromatic rings. The fourth-order valence-corrected chi connectivity index (χ4v) is 1.74. The smallest absolute Gasteiger partial charge is 0.166 e. The van der Waals surface area contributed by atoms with Crippen molar-refractivity contribution < 1.29 is 9.53 Å². The largest absolute Gasteiger partial charge is 0.493 e. The lowest BCUT2D eigenvalue weighted by Gasteiger charge is -2.06. The van der Waals surface area contributed by atoms with Gasteiger partial charge in [-0.3, -0.25) is 4.79 Å². The molecule has 0 fully saturated rings. The van der Waals surface area contributed by atoms with Crippen molar-refractivity contribution in [1.29, 1.82) is 0 Å². The molecular formula is C16H16O2. The van der Waals surface area contributed by atoms with E-state index >= 15 is 0 Å². The summed E-state index contributed by atoms with van der Waals surface area (Å²) in [7, 11) is 0. The first-order chi connectivity index (χ1) is 8.75. The van der Waals surface area contributed by atoms with Gasteiger partial charge in [0.05, 0.1) is 6.61 Å². The normalized spacial score (nSPS) is 10.1. The average molecular weight is 240 g/mol. The van der Waals surface area contributed by atoms with Crippen LogP contribution in [0.1, 0.15) is 22.3 Å². The van der Waals surface area contributed by atoms with Gasteiger partial charge in [0, 0.05) is 12.0 Å². The van der Waals surface area contributed by atoms with Gasteiger partial charge < -0.3 is 4.74 Å². The number of carbonyl (C=O) groups is 1. The molecule has 0 heterocycles. The van der Waals surface area contributed by atoms with Crippen LogP contribution in [0.3, 0.4) is 0 Å². The quantitative estimate of drug-likeness (QED) is 0.746. The summed E-state index contributed by atoms with van der Waals surface area (Å²) in [6.45, 7) is 2.43. The van der Waals surface area contributed by atoms with Crippen LogP contribution in [0.4, 0.5) is 0 Å². The second-order valence-electron chi connectivity index (χ2n) is 4.20. The summed E-state index contributed by atoms with van der Waals surface area (Å²) in [4.78, 5) is 11.8. The van der Waals surface area contributed by atoms with Gasteiger partial charge in [-0.2, -0.15) is 0 Å². The Morgan fingerprint density at radius 3 is 2.56 bits per heavy atom. The SMILES string of the molecule is Cc1cccc(OCCC(=O)c2ccccc2)c1. The Bertz CT molecular complexity index is 518.